The number of alkyl carbamates (subject to hydrolysis) is 1. The lowest BCUT2D eigenvalue weighted by molar-refractivity contribution is -0.138. The van der Waals surface area contributed by atoms with Gasteiger partial charge in [0, 0.05) is 45.3 Å². The summed E-state index contributed by atoms with van der Waals surface area (Å²) < 4.78 is 15.6. The highest BCUT2D eigenvalue weighted by molar-refractivity contribution is 6.12. The molecule has 5 amide bonds. The van der Waals surface area contributed by atoms with E-state index >= 15 is 0 Å². The van der Waals surface area contributed by atoms with Gasteiger partial charge in [-0.1, -0.05) is 6.42 Å². The number of hydrogen-bond acceptors (Lipinski definition) is 8. The minimum Gasteiger partial charge on any atom is -0.444 e. The Bertz CT molecular complexity index is 836. The van der Waals surface area contributed by atoms with Crippen LogP contribution < -0.4 is 10.6 Å². The van der Waals surface area contributed by atoms with Crippen LogP contribution in [-0.4, -0.2) is 104 Å². The van der Waals surface area contributed by atoms with Gasteiger partial charge in [-0.05, 0) is 40.0 Å². The fourth-order valence-corrected chi connectivity index (χ4v) is 4.07. The summed E-state index contributed by atoms with van der Waals surface area (Å²) >= 11 is 0. The van der Waals surface area contributed by atoms with Crippen LogP contribution >= 0.6 is 0 Å². The molecular formula is C25H40N4O8. The average molecular weight is 525 g/mol. The van der Waals surface area contributed by atoms with Crippen molar-refractivity contribution in [2.75, 3.05) is 46.6 Å². The molecule has 2 unspecified atom stereocenters. The Morgan fingerprint density at radius 1 is 1.03 bits per heavy atom. The van der Waals surface area contributed by atoms with Gasteiger partial charge in [0.1, 0.15) is 11.6 Å². The van der Waals surface area contributed by atoms with Crippen molar-refractivity contribution in [1.82, 2.24) is 20.4 Å². The summed E-state index contributed by atoms with van der Waals surface area (Å²) in [6.07, 6.45) is 4.16. The van der Waals surface area contributed by atoms with Crippen LogP contribution in [0.2, 0.25) is 0 Å². The molecular weight excluding hydrogens is 484 g/mol. The van der Waals surface area contributed by atoms with Crippen molar-refractivity contribution in [3.63, 3.8) is 0 Å². The standard InChI is InChI=1S/C25H40N4O8/c1-25(2,3)37-24(34)27-18-16-19(23(33)26-11-13-36-15-14-35-4)29(17-18)20(30)8-6-5-7-12-28-21(31)9-10-22(28)32/h9-10,18-19H,5-8,11-17H2,1-4H3,(H,26,33)(H,27,34). The molecule has 37 heavy (non-hydrogen) atoms. The lowest BCUT2D eigenvalue weighted by Crippen LogP contribution is -2.46. The number of hydrogen-bond donors (Lipinski definition) is 2. The summed E-state index contributed by atoms with van der Waals surface area (Å²) in [7, 11) is 1.57. The van der Waals surface area contributed by atoms with E-state index in [1.54, 1.807) is 27.9 Å². The van der Waals surface area contributed by atoms with E-state index in [9.17, 15) is 24.0 Å². The maximum absolute atomic E-state index is 13.0. The summed E-state index contributed by atoms with van der Waals surface area (Å²) in [5.41, 5.74) is -0.669. The first kappa shape index (κ1) is 30.2. The molecule has 2 N–H and O–H groups in total. The summed E-state index contributed by atoms with van der Waals surface area (Å²) in [5.74, 6) is -1.14. The van der Waals surface area contributed by atoms with E-state index in [2.05, 4.69) is 10.6 Å². The van der Waals surface area contributed by atoms with Gasteiger partial charge < -0.3 is 29.7 Å². The van der Waals surface area contributed by atoms with Gasteiger partial charge in [0.25, 0.3) is 11.8 Å². The van der Waals surface area contributed by atoms with Crippen LogP contribution in [0.3, 0.4) is 0 Å². The molecule has 0 aromatic heterocycles. The van der Waals surface area contributed by atoms with Crippen molar-refractivity contribution < 1.29 is 38.2 Å². The first-order chi connectivity index (χ1) is 17.5. The highest BCUT2D eigenvalue weighted by Crippen LogP contribution is 2.21. The second-order valence-electron chi connectivity index (χ2n) is 10.0. The third kappa shape index (κ3) is 10.5. The van der Waals surface area contributed by atoms with Crippen LogP contribution in [-0.2, 0) is 33.4 Å². The van der Waals surface area contributed by atoms with E-state index in [1.165, 1.54) is 22.0 Å². The fourth-order valence-electron chi connectivity index (χ4n) is 4.07. The predicted molar refractivity (Wildman–Crippen MR) is 133 cm³/mol. The van der Waals surface area contributed by atoms with Crippen molar-refractivity contribution in [3.05, 3.63) is 12.2 Å². The summed E-state index contributed by atoms with van der Waals surface area (Å²) in [5, 5.41) is 5.56. The smallest absolute Gasteiger partial charge is 0.407 e. The third-order valence-electron chi connectivity index (χ3n) is 5.80. The molecule has 0 aliphatic carbocycles. The second-order valence-corrected chi connectivity index (χ2v) is 10.0. The topological polar surface area (TPSA) is 144 Å². The zero-order valence-corrected chi connectivity index (χ0v) is 22.2. The molecule has 0 aromatic carbocycles. The Hall–Kier alpha value is -2.99. The van der Waals surface area contributed by atoms with E-state index in [-0.39, 0.29) is 49.6 Å². The van der Waals surface area contributed by atoms with E-state index < -0.39 is 23.8 Å². The van der Waals surface area contributed by atoms with Gasteiger partial charge in [-0.3, -0.25) is 24.1 Å². The number of unbranched alkanes of at least 4 members (excludes halogenated alkanes) is 2. The molecule has 2 aliphatic rings. The first-order valence-electron chi connectivity index (χ1n) is 12.7. The number of likely N-dealkylation sites (tertiary alicyclic amines) is 1. The molecule has 1 saturated heterocycles. The van der Waals surface area contributed by atoms with E-state index in [4.69, 9.17) is 14.2 Å². The molecule has 12 heteroatoms. The minimum absolute atomic E-state index is 0.194. The lowest BCUT2D eigenvalue weighted by atomic mass is 10.1. The van der Waals surface area contributed by atoms with Gasteiger partial charge in [-0.25, -0.2) is 4.79 Å². The lowest BCUT2D eigenvalue weighted by Gasteiger charge is -2.24. The summed E-state index contributed by atoms with van der Waals surface area (Å²) in [6.45, 7) is 7.25. The van der Waals surface area contributed by atoms with Crippen molar-refractivity contribution >= 4 is 29.7 Å². The van der Waals surface area contributed by atoms with Crippen LogP contribution in [0.1, 0.15) is 52.9 Å². The first-order valence-corrected chi connectivity index (χ1v) is 12.7. The number of imide groups is 1. The molecule has 2 rings (SSSR count). The monoisotopic (exact) mass is 524 g/mol. The Morgan fingerprint density at radius 3 is 2.38 bits per heavy atom. The summed E-state index contributed by atoms with van der Waals surface area (Å²) in [4.78, 5) is 64.1. The normalized spacial score (nSPS) is 19.5. The van der Waals surface area contributed by atoms with Crippen LogP contribution in [0, 0.1) is 0 Å². The van der Waals surface area contributed by atoms with Crippen LogP contribution in [0.4, 0.5) is 4.79 Å². The number of rotatable bonds is 14. The number of amides is 5. The SMILES string of the molecule is COCCOCCNC(=O)C1CC(NC(=O)OC(C)(C)C)CN1C(=O)CCCCCN1C(=O)C=CC1=O. The number of nitrogens with one attached hydrogen (secondary N) is 2. The molecule has 0 radical (unpaired) electrons. The molecule has 0 spiro atoms. The Morgan fingerprint density at radius 2 is 1.73 bits per heavy atom. The van der Waals surface area contributed by atoms with Crippen molar-refractivity contribution in [2.45, 2.75) is 70.6 Å². The van der Waals surface area contributed by atoms with Gasteiger partial charge in [0.15, 0.2) is 0 Å². The molecule has 208 valence electrons. The molecule has 1 fully saturated rings. The zero-order chi connectivity index (χ0) is 27.4. The number of carbonyl (C=O) groups is 5. The van der Waals surface area contributed by atoms with Gasteiger partial charge in [-0.15, -0.1) is 0 Å². The van der Waals surface area contributed by atoms with Crippen molar-refractivity contribution in [3.8, 4) is 0 Å². The zero-order valence-electron chi connectivity index (χ0n) is 22.2. The maximum atomic E-state index is 13.0. The van der Waals surface area contributed by atoms with Gasteiger partial charge in [-0.2, -0.15) is 0 Å². The highest BCUT2D eigenvalue weighted by atomic mass is 16.6. The molecule has 2 atom stereocenters. The largest absolute Gasteiger partial charge is 0.444 e. The summed E-state index contributed by atoms with van der Waals surface area (Å²) in [6, 6.07) is -1.15. The molecule has 0 aromatic rings. The van der Waals surface area contributed by atoms with E-state index in [1.807, 2.05) is 0 Å². The van der Waals surface area contributed by atoms with Crippen molar-refractivity contribution in [1.29, 1.82) is 0 Å². The molecule has 12 nitrogen and oxygen atoms in total. The second kappa shape index (κ2) is 14.7. The van der Waals surface area contributed by atoms with Crippen LogP contribution in [0.25, 0.3) is 0 Å². The van der Waals surface area contributed by atoms with Gasteiger partial charge in [0.2, 0.25) is 11.8 Å². The maximum Gasteiger partial charge on any atom is 0.407 e. The number of methoxy groups -OCH3 is 1. The number of nitrogens with zero attached hydrogens (tertiary/aromatic N) is 2. The minimum atomic E-state index is -0.725. The van der Waals surface area contributed by atoms with E-state index in [0.29, 0.717) is 45.6 Å². The van der Waals surface area contributed by atoms with Crippen LogP contribution in [0.15, 0.2) is 12.2 Å². The van der Waals surface area contributed by atoms with E-state index in [0.717, 1.165) is 0 Å². The molecule has 2 heterocycles. The van der Waals surface area contributed by atoms with Crippen LogP contribution in [0.5, 0.6) is 0 Å². The molecule has 0 bridgehead atoms. The predicted octanol–water partition coefficient (Wildman–Crippen LogP) is 0.745. The van der Waals surface area contributed by atoms with Gasteiger partial charge in [0.05, 0.1) is 25.9 Å². The van der Waals surface area contributed by atoms with Gasteiger partial charge >= 0.3 is 6.09 Å². The van der Waals surface area contributed by atoms with Crippen molar-refractivity contribution in [2.24, 2.45) is 0 Å². The molecule has 2 aliphatic heterocycles. The molecule has 0 saturated carbocycles. The Kier molecular flexibility index (Phi) is 12.0. The fraction of sp³-hybridized carbons (Fsp3) is 0.720. The highest BCUT2D eigenvalue weighted by Gasteiger charge is 2.40. The Balaban J connectivity index is 1.86. The quantitative estimate of drug-likeness (QED) is 0.250. The number of carbonyl (C=O) groups excluding carboxylic acids is 5. The third-order valence-corrected chi connectivity index (χ3v) is 5.80. The number of ether oxygens (including phenoxy) is 3. The average Bonchev–Trinajstić information content (AvgIpc) is 3.37. The Labute approximate surface area is 218 Å².